The number of amides is 1. The third kappa shape index (κ3) is 3.21. The average Bonchev–Trinajstić information content (AvgIpc) is 2.73. The van der Waals surface area contributed by atoms with Crippen molar-refractivity contribution >= 4 is 5.91 Å². The van der Waals surface area contributed by atoms with E-state index in [0.717, 1.165) is 44.3 Å². The summed E-state index contributed by atoms with van der Waals surface area (Å²) in [6, 6.07) is 0. The Morgan fingerprint density at radius 3 is 2.62 bits per heavy atom. The van der Waals surface area contributed by atoms with Crippen molar-refractivity contribution < 1.29 is 4.79 Å². The highest BCUT2D eigenvalue weighted by molar-refractivity contribution is 5.78. The second-order valence-electron chi connectivity index (χ2n) is 5.55. The smallest absolute Gasteiger partial charge is 0.223 e. The highest BCUT2D eigenvalue weighted by Crippen LogP contribution is 2.29. The van der Waals surface area contributed by atoms with Gasteiger partial charge in [0.2, 0.25) is 5.91 Å². The fourth-order valence-corrected chi connectivity index (χ4v) is 2.98. The first kappa shape index (κ1) is 11.9. The molecule has 0 bridgehead atoms. The number of rotatable bonds is 3. The van der Waals surface area contributed by atoms with Crippen LogP contribution in [0.2, 0.25) is 0 Å². The van der Waals surface area contributed by atoms with Crippen LogP contribution in [-0.4, -0.2) is 25.5 Å². The Morgan fingerprint density at radius 1 is 1.25 bits per heavy atom. The molecule has 1 aliphatic carbocycles. The van der Waals surface area contributed by atoms with Gasteiger partial charge in [-0.25, -0.2) is 0 Å². The molecule has 3 heteroatoms. The summed E-state index contributed by atoms with van der Waals surface area (Å²) in [6.07, 6.45) is 5.95. The molecule has 2 N–H and O–H groups in total. The number of carbonyl (C=O) groups is 1. The molecule has 3 nitrogen and oxygen atoms in total. The van der Waals surface area contributed by atoms with Gasteiger partial charge in [0.15, 0.2) is 0 Å². The first-order valence-electron chi connectivity index (χ1n) is 6.74. The van der Waals surface area contributed by atoms with Crippen molar-refractivity contribution in [1.29, 1.82) is 0 Å². The van der Waals surface area contributed by atoms with Crippen LogP contribution in [0.1, 0.15) is 39.0 Å². The third-order valence-electron chi connectivity index (χ3n) is 4.08. The number of hydrogen-bond donors (Lipinski definition) is 2. The molecular formula is C13H24N2O. The lowest BCUT2D eigenvalue weighted by atomic mass is 9.97. The quantitative estimate of drug-likeness (QED) is 0.763. The van der Waals surface area contributed by atoms with Crippen LogP contribution in [0.3, 0.4) is 0 Å². The van der Waals surface area contributed by atoms with E-state index in [0.29, 0.717) is 5.91 Å². The Labute approximate surface area is 98.4 Å². The number of carbonyl (C=O) groups excluding carboxylic acids is 1. The highest BCUT2D eigenvalue weighted by atomic mass is 16.1. The molecule has 16 heavy (non-hydrogen) atoms. The summed E-state index contributed by atoms with van der Waals surface area (Å²) in [5.74, 6) is 2.16. The summed E-state index contributed by atoms with van der Waals surface area (Å²) in [4.78, 5) is 11.9. The fourth-order valence-electron chi connectivity index (χ4n) is 2.98. The molecule has 2 rings (SSSR count). The summed E-state index contributed by atoms with van der Waals surface area (Å²) < 4.78 is 0. The SMILES string of the molecule is CC1CCC(CNC(=O)C2CCNCC2)C1. The lowest BCUT2D eigenvalue weighted by molar-refractivity contribution is -0.125. The minimum Gasteiger partial charge on any atom is -0.356 e. The molecule has 2 aliphatic rings. The van der Waals surface area contributed by atoms with Gasteiger partial charge in [-0.05, 0) is 50.6 Å². The first-order valence-corrected chi connectivity index (χ1v) is 6.74. The molecule has 2 atom stereocenters. The van der Waals surface area contributed by atoms with Crippen molar-refractivity contribution in [3.05, 3.63) is 0 Å². The summed E-state index contributed by atoms with van der Waals surface area (Å²) >= 11 is 0. The Morgan fingerprint density at radius 2 is 2.00 bits per heavy atom. The summed E-state index contributed by atoms with van der Waals surface area (Å²) in [7, 11) is 0. The molecular weight excluding hydrogens is 200 g/mol. The van der Waals surface area contributed by atoms with Crippen LogP contribution in [0, 0.1) is 17.8 Å². The fraction of sp³-hybridized carbons (Fsp3) is 0.923. The van der Waals surface area contributed by atoms with E-state index in [4.69, 9.17) is 0 Å². The minimum atomic E-state index is 0.264. The van der Waals surface area contributed by atoms with Gasteiger partial charge < -0.3 is 10.6 Å². The molecule has 2 unspecified atom stereocenters. The topological polar surface area (TPSA) is 41.1 Å². The molecule has 0 aromatic heterocycles. The number of piperidine rings is 1. The molecule has 1 heterocycles. The second kappa shape index (κ2) is 5.67. The standard InChI is InChI=1S/C13H24N2O/c1-10-2-3-11(8-10)9-15-13(16)12-4-6-14-7-5-12/h10-12,14H,2-9H2,1H3,(H,15,16). The zero-order chi connectivity index (χ0) is 11.4. The van der Waals surface area contributed by atoms with Crippen LogP contribution in [-0.2, 0) is 4.79 Å². The number of hydrogen-bond acceptors (Lipinski definition) is 2. The van der Waals surface area contributed by atoms with E-state index in [-0.39, 0.29) is 5.92 Å². The highest BCUT2D eigenvalue weighted by Gasteiger charge is 2.24. The Hall–Kier alpha value is -0.570. The molecule has 0 spiro atoms. The largest absolute Gasteiger partial charge is 0.356 e. The van der Waals surface area contributed by atoms with Crippen LogP contribution < -0.4 is 10.6 Å². The van der Waals surface area contributed by atoms with Gasteiger partial charge in [-0.2, -0.15) is 0 Å². The Bertz CT molecular complexity index is 236. The number of nitrogens with one attached hydrogen (secondary N) is 2. The zero-order valence-corrected chi connectivity index (χ0v) is 10.3. The molecule has 1 saturated heterocycles. The second-order valence-corrected chi connectivity index (χ2v) is 5.55. The molecule has 0 aromatic carbocycles. The van der Waals surface area contributed by atoms with Gasteiger partial charge in [0.25, 0.3) is 0 Å². The van der Waals surface area contributed by atoms with E-state index < -0.39 is 0 Å². The third-order valence-corrected chi connectivity index (χ3v) is 4.08. The lowest BCUT2D eigenvalue weighted by Crippen LogP contribution is -2.39. The zero-order valence-electron chi connectivity index (χ0n) is 10.3. The van der Waals surface area contributed by atoms with Gasteiger partial charge in [-0.15, -0.1) is 0 Å². The van der Waals surface area contributed by atoms with E-state index in [9.17, 15) is 4.79 Å². The van der Waals surface area contributed by atoms with Gasteiger partial charge in [-0.1, -0.05) is 13.3 Å². The maximum Gasteiger partial charge on any atom is 0.223 e. The van der Waals surface area contributed by atoms with Gasteiger partial charge in [0.05, 0.1) is 0 Å². The molecule has 0 radical (unpaired) electrons. The Balaban J connectivity index is 1.66. The van der Waals surface area contributed by atoms with Crippen molar-refractivity contribution in [2.75, 3.05) is 19.6 Å². The summed E-state index contributed by atoms with van der Waals surface area (Å²) in [6.45, 7) is 5.22. The monoisotopic (exact) mass is 224 g/mol. The van der Waals surface area contributed by atoms with Gasteiger partial charge in [-0.3, -0.25) is 4.79 Å². The van der Waals surface area contributed by atoms with Gasteiger partial charge in [0, 0.05) is 12.5 Å². The van der Waals surface area contributed by atoms with Crippen molar-refractivity contribution in [1.82, 2.24) is 10.6 Å². The van der Waals surface area contributed by atoms with E-state index >= 15 is 0 Å². The average molecular weight is 224 g/mol. The minimum absolute atomic E-state index is 0.264. The molecule has 1 aliphatic heterocycles. The van der Waals surface area contributed by atoms with Crippen LogP contribution >= 0.6 is 0 Å². The predicted molar refractivity (Wildman–Crippen MR) is 65.1 cm³/mol. The molecule has 2 fully saturated rings. The van der Waals surface area contributed by atoms with E-state index in [1.54, 1.807) is 0 Å². The molecule has 0 aromatic rings. The van der Waals surface area contributed by atoms with Crippen molar-refractivity contribution in [2.24, 2.45) is 17.8 Å². The maximum atomic E-state index is 11.9. The van der Waals surface area contributed by atoms with Crippen molar-refractivity contribution in [3.8, 4) is 0 Å². The lowest BCUT2D eigenvalue weighted by Gasteiger charge is -2.22. The molecule has 1 amide bonds. The normalized spacial score (nSPS) is 31.6. The molecule has 92 valence electrons. The van der Waals surface area contributed by atoms with E-state index in [1.807, 2.05) is 0 Å². The van der Waals surface area contributed by atoms with Gasteiger partial charge in [0.1, 0.15) is 0 Å². The summed E-state index contributed by atoms with van der Waals surface area (Å²) in [5.41, 5.74) is 0. The summed E-state index contributed by atoms with van der Waals surface area (Å²) in [5, 5.41) is 6.44. The van der Waals surface area contributed by atoms with Gasteiger partial charge >= 0.3 is 0 Å². The predicted octanol–water partition coefficient (Wildman–Crippen LogP) is 1.54. The maximum absolute atomic E-state index is 11.9. The van der Waals surface area contributed by atoms with Crippen LogP contribution in [0.15, 0.2) is 0 Å². The van der Waals surface area contributed by atoms with Crippen LogP contribution in [0.25, 0.3) is 0 Å². The van der Waals surface area contributed by atoms with E-state index in [2.05, 4.69) is 17.6 Å². The van der Waals surface area contributed by atoms with E-state index in [1.165, 1.54) is 19.3 Å². The van der Waals surface area contributed by atoms with Crippen molar-refractivity contribution in [2.45, 2.75) is 39.0 Å². The first-order chi connectivity index (χ1) is 7.75. The van der Waals surface area contributed by atoms with Crippen LogP contribution in [0.4, 0.5) is 0 Å². The Kier molecular flexibility index (Phi) is 4.22. The van der Waals surface area contributed by atoms with Crippen molar-refractivity contribution in [3.63, 3.8) is 0 Å². The molecule has 1 saturated carbocycles. The van der Waals surface area contributed by atoms with Crippen LogP contribution in [0.5, 0.6) is 0 Å².